The van der Waals surface area contributed by atoms with E-state index in [1.165, 1.54) is 7.11 Å². The van der Waals surface area contributed by atoms with Gasteiger partial charge in [0.05, 0.1) is 7.11 Å². The van der Waals surface area contributed by atoms with Crippen molar-refractivity contribution in [3.63, 3.8) is 0 Å². The molecule has 0 saturated heterocycles. The van der Waals surface area contributed by atoms with Gasteiger partial charge in [0.25, 0.3) is 5.91 Å². The summed E-state index contributed by atoms with van der Waals surface area (Å²) in [6.45, 7) is 3.78. The number of fused-ring (bicyclic) bond motifs is 1. The number of ether oxygens (including phenoxy) is 3. The van der Waals surface area contributed by atoms with Crippen LogP contribution in [0, 0.1) is 0 Å². The van der Waals surface area contributed by atoms with Gasteiger partial charge in [-0.25, -0.2) is 4.79 Å². The number of para-hydroxylation sites is 1. The van der Waals surface area contributed by atoms with Crippen LogP contribution in [-0.4, -0.2) is 38.2 Å². The Labute approximate surface area is 170 Å². The van der Waals surface area contributed by atoms with Crippen molar-refractivity contribution < 1.29 is 23.8 Å². The van der Waals surface area contributed by atoms with Crippen LogP contribution in [0.3, 0.4) is 0 Å². The van der Waals surface area contributed by atoms with E-state index in [9.17, 15) is 9.59 Å². The quantitative estimate of drug-likeness (QED) is 0.670. The van der Waals surface area contributed by atoms with Crippen LogP contribution < -0.4 is 14.4 Å². The lowest BCUT2D eigenvalue weighted by atomic mass is 10.2. The molecule has 152 valence electrons. The monoisotopic (exact) mass is 395 g/mol. The zero-order valence-electron chi connectivity index (χ0n) is 16.9. The molecule has 3 rings (SSSR count). The van der Waals surface area contributed by atoms with Gasteiger partial charge in [0.15, 0.2) is 24.2 Å². The van der Waals surface area contributed by atoms with Crippen molar-refractivity contribution >= 4 is 23.6 Å². The van der Waals surface area contributed by atoms with Crippen molar-refractivity contribution in [3.8, 4) is 11.5 Å². The standard InChI is InChI=1S/C23H25NO5/c1-4-7-17-10-11-20(21(14-17)27-3)28-15-22(25)29-16(2)23(26)24-13-12-18-8-5-6-9-19(18)24/h4-11,14,16H,12-13,15H2,1-3H3/b7-4+/t16-/m0/s1. The Morgan fingerprint density at radius 1 is 1.17 bits per heavy atom. The molecule has 2 aromatic rings. The predicted molar refractivity (Wildman–Crippen MR) is 111 cm³/mol. The molecule has 6 nitrogen and oxygen atoms in total. The molecule has 0 saturated carbocycles. The topological polar surface area (TPSA) is 65.1 Å². The average molecular weight is 395 g/mol. The Kier molecular flexibility index (Phi) is 6.54. The first kappa shape index (κ1) is 20.5. The van der Waals surface area contributed by atoms with Crippen LogP contribution in [0.4, 0.5) is 5.69 Å². The van der Waals surface area contributed by atoms with Crippen LogP contribution in [-0.2, 0) is 20.7 Å². The molecule has 0 spiro atoms. The summed E-state index contributed by atoms with van der Waals surface area (Å²) in [6, 6.07) is 13.2. The Bertz CT molecular complexity index is 921. The van der Waals surface area contributed by atoms with Gasteiger partial charge in [-0.3, -0.25) is 4.79 Å². The van der Waals surface area contributed by atoms with E-state index in [1.54, 1.807) is 17.9 Å². The molecule has 1 aliphatic heterocycles. The summed E-state index contributed by atoms with van der Waals surface area (Å²) < 4.78 is 16.1. The van der Waals surface area contributed by atoms with Crippen LogP contribution in [0.5, 0.6) is 11.5 Å². The van der Waals surface area contributed by atoms with E-state index in [2.05, 4.69) is 0 Å². The van der Waals surface area contributed by atoms with Crippen molar-refractivity contribution in [3.05, 3.63) is 59.7 Å². The number of anilines is 1. The van der Waals surface area contributed by atoms with Gasteiger partial charge in [0, 0.05) is 12.2 Å². The lowest BCUT2D eigenvalue weighted by Gasteiger charge is -2.21. The summed E-state index contributed by atoms with van der Waals surface area (Å²) in [5.74, 6) is 0.103. The molecular weight excluding hydrogens is 370 g/mol. The third kappa shape index (κ3) is 4.77. The number of allylic oxidation sites excluding steroid dienone is 1. The largest absolute Gasteiger partial charge is 0.493 e. The highest BCUT2D eigenvalue weighted by atomic mass is 16.6. The fourth-order valence-electron chi connectivity index (χ4n) is 3.30. The molecular formula is C23H25NO5. The summed E-state index contributed by atoms with van der Waals surface area (Å²) in [5.41, 5.74) is 2.96. The summed E-state index contributed by atoms with van der Waals surface area (Å²) in [5, 5.41) is 0. The number of carbonyl (C=O) groups excluding carboxylic acids is 2. The second kappa shape index (κ2) is 9.28. The number of esters is 1. The van der Waals surface area contributed by atoms with Crippen molar-refractivity contribution in [2.45, 2.75) is 26.4 Å². The van der Waals surface area contributed by atoms with E-state index in [1.807, 2.05) is 55.5 Å². The third-order valence-corrected chi connectivity index (χ3v) is 4.70. The van der Waals surface area contributed by atoms with E-state index in [-0.39, 0.29) is 12.5 Å². The number of methoxy groups -OCH3 is 1. The minimum absolute atomic E-state index is 0.239. The number of carbonyl (C=O) groups is 2. The molecule has 1 aliphatic rings. The minimum atomic E-state index is -0.892. The second-order valence-corrected chi connectivity index (χ2v) is 6.70. The molecule has 0 radical (unpaired) electrons. The highest BCUT2D eigenvalue weighted by molar-refractivity contribution is 5.99. The fraction of sp³-hybridized carbons (Fsp3) is 0.304. The van der Waals surface area contributed by atoms with E-state index < -0.39 is 12.1 Å². The lowest BCUT2D eigenvalue weighted by molar-refractivity contribution is -0.155. The van der Waals surface area contributed by atoms with E-state index in [0.29, 0.717) is 18.0 Å². The van der Waals surface area contributed by atoms with Crippen molar-refractivity contribution in [2.75, 3.05) is 25.2 Å². The number of nitrogens with zero attached hydrogens (tertiary/aromatic N) is 1. The molecule has 2 aromatic carbocycles. The first-order chi connectivity index (χ1) is 14.0. The zero-order valence-corrected chi connectivity index (χ0v) is 16.9. The van der Waals surface area contributed by atoms with Gasteiger partial charge in [-0.05, 0) is 49.6 Å². The zero-order chi connectivity index (χ0) is 20.8. The Morgan fingerprint density at radius 2 is 1.97 bits per heavy atom. The smallest absolute Gasteiger partial charge is 0.344 e. The molecule has 1 atom stereocenters. The number of benzene rings is 2. The Balaban J connectivity index is 1.56. The van der Waals surface area contributed by atoms with E-state index >= 15 is 0 Å². The van der Waals surface area contributed by atoms with Crippen LogP contribution in [0.25, 0.3) is 6.08 Å². The highest BCUT2D eigenvalue weighted by Crippen LogP contribution is 2.29. The number of rotatable bonds is 7. The van der Waals surface area contributed by atoms with Gasteiger partial charge in [-0.15, -0.1) is 0 Å². The van der Waals surface area contributed by atoms with Gasteiger partial charge in [0.2, 0.25) is 0 Å². The first-order valence-corrected chi connectivity index (χ1v) is 9.55. The van der Waals surface area contributed by atoms with Crippen molar-refractivity contribution in [1.29, 1.82) is 0 Å². The molecule has 29 heavy (non-hydrogen) atoms. The maximum absolute atomic E-state index is 12.7. The van der Waals surface area contributed by atoms with Crippen molar-refractivity contribution in [2.24, 2.45) is 0 Å². The van der Waals surface area contributed by atoms with Crippen LogP contribution in [0.1, 0.15) is 25.0 Å². The summed E-state index contributed by atoms with van der Waals surface area (Å²) >= 11 is 0. The van der Waals surface area contributed by atoms with Gasteiger partial charge in [0.1, 0.15) is 0 Å². The second-order valence-electron chi connectivity index (χ2n) is 6.70. The average Bonchev–Trinajstić information content (AvgIpc) is 3.16. The summed E-state index contributed by atoms with van der Waals surface area (Å²) in [4.78, 5) is 26.6. The van der Waals surface area contributed by atoms with E-state index in [0.717, 1.165) is 23.2 Å². The predicted octanol–water partition coefficient (Wildman–Crippen LogP) is 3.63. The van der Waals surface area contributed by atoms with Crippen LogP contribution >= 0.6 is 0 Å². The van der Waals surface area contributed by atoms with Crippen LogP contribution in [0.2, 0.25) is 0 Å². The molecule has 0 aromatic heterocycles. The van der Waals surface area contributed by atoms with Gasteiger partial charge in [-0.1, -0.05) is 36.4 Å². The third-order valence-electron chi connectivity index (χ3n) is 4.70. The molecule has 1 amide bonds. The number of hydrogen-bond acceptors (Lipinski definition) is 5. The number of amides is 1. The maximum atomic E-state index is 12.7. The first-order valence-electron chi connectivity index (χ1n) is 9.55. The fourth-order valence-corrected chi connectivity index (χ4v) is 3.30. The minimum Gasteiger partial charge on any atom is -0.493 e. The normalized spacial score (nSPS) is 13.8. The molecule has 0 aliphatic carbocycles. The molecule has 1 heterocycles. The summed E-state index contributed by atoms with van der Waals surface area (Å²) in [6.07, 6.45) is 3.76. The molecule has 0 N–H and O–H groups in total. The Hall–Kier alpha value is -3.28. The maximum Gasteiger partial charge on any atom is 0.344 e. The lowest BCUT2D eigenvalue weighted by Crippen LogP contribution is -2.39. The summed E-state index contributed by atoms with van der Waals surface area (Å²) in [7, 11) is 1.54. The van der Waals surface area contributed by atoms with Gasteiger partial charge < -0.3 is 19.1 Å². The number of hydrogen-bond donors (Lipinski definition) is 0. The van der Waals surface area contributed by atoms with Gasteiger partial charge in [-0.2, -0.15) is 0 Å². The molecule has 6 heteroatoms. The molecule has 0 bridgehead atoms. The molecule has 0 unspecified atom stereocenters. The van der Waals surface area contributed by atoms with Crippen LogP contribution in [0.15, 0.2) is 48.5 Å². The van der Waals surface area contributed by atoms with E-state index in [4.69, 9.17) is 14.2 Å². The highest BCUT2D eigenvalue weighted by Gasteiger charge is 2.29. The Morgan fingerprint density at radius 3 is 2.72 bits per heavy atom. The van der Waals surface area contributed by atoms with Gasteiger partial charge >= 0.3 is 5.97 Å². The molecule has 0 fully saturated rings. The van der Waals surface area contributed by atoms with Crippen molar-refractivity contribution in [1.82, 2.24) is 0 Å². The SMILES string of the molecule is C/C=C/c1ccc(OCC(=O)O[C@@H](C)C(=O)N2CCc3ccccc32)c(OC)c1.